The molecule has 1 unspecified atom stereocenters. The number of amides is 3. The normalized spacial score (nSPS) is 17.8. The van der Waals surface area contributed by atoms with Crippen molar-refractivity contribution in [1.29, 1.82) is 0 Å². The van der Waals surface area contributed by atoms with E-state index < -0.39 is 0 Å². The predicted molar refractivity (Wildman–Crippen MR) is 86.0 cm³/mol. The summed E-state index contributed by atoms with van der Waals surface area (Å²) in [5, 5.41) is 15.4. The van der Waals surface area contributed by atoms with Crippen molar-refractivity contribution in [2.75, 3.05) is 18.4 Å². The van der Waals surface area contributed by atoms with Gasteiger partial charge in [0, 0.05) is 32.0 Å². The highest BCUT2D eigenvalue weighted by Gasteiger charge is 2.27. The zero-order valence-corrected chi connectivity index (χ0v) is 14.1. The van der Waals surface area contributed by atoms with Crippen LogP contribution >= 0.6 is 11.3 Å². The Labute approximate surface area is 134 Å². The fourth-order valence-corrected chi connectivity index (χ4v) is 3.61. The molecule has 7 nitrogen and oxygen atoms in total. The molecule has 3 amide bonds. The standard InChI is InChI=1S/C14H23N5O2S/c1-4-10(5-2)12-17-18-13(22-12)16-14(21)19-7-6-11(8-19)15-9(3)20/h10-11H,4-8H2,1-3H3,(H,15,20)(H,16,18,21). The second-order valence-corrected chi connectivity index (χ2v) is 6.53. The van der Waals surface area contributed by atoms with Gasteiger partial charge < -0.3 is 10.2 Å². The third-order valence-corrected chi connectivity index (χ3v) is 4.87. The van der Waals surface area contributed by atoms with Crippen LogP contribution in [-0.2, 0) is 4.79 Å². The minimum Gasteiger partial charge on any atom is -0.352 e. The maximum Gasteiger partial charge on any atom is 0.323 e. The van der Waals surface area contributed by atoms with E-state index in [1.54, 1.807) is 4.90 Å². The lowest BCUT2D eigenvalue weighted by Gasteiger charge is -2.16. The van der Waals surface area contributed by atoms with Gasteiger partial charge in [-0.15, -0.1) is 10.2 Å². The average Bonchev–Trinajstić information content (AvgIpc) is 3.09. The molecule has 0 spiro atoms. The lowest BCUT2D eigenvalue weighted by Crippen LogP contribution is -2.38. The highest BCUT2D eigenvalue weighted by molar-refractivity contribution is 7.15. The van der Waals surface area contributed by atoms with Crippen LogP contribution in [0.1, 0.15) is 51.0 Å². The van der Waals surface area contributed by atoms with Gasteiger partial charge >= 0.3 is 6.03 Å². The molecule has 2 heterocycles. The third kappa shape index (κ3) is 4.16. The van der Waals surface area contributed by atoms with Crippen LogP contribution in [0.5, 0.6) is 0 Å². The number of rotatable bonds is 5. The minimum absolute atomic E-state index is 0.0396. The fraction of sp³-hybridized carbons (Fsp3) is 0.714. The number of likely N-dealkylation sites (tertiary alicyclic amines) is 1. The lowest BCUT2D eigenvalue weighted by molar-refractivity contribution is -0.119. The second-order valence-electron chi connectivity index (χ2n) is 5.52. The van der Waals surface area contributed by atoms with Gasteiger partial charge in [-0.2, -0.15) is 0 Å². The number of carbonyl (C=O) groups is 2. The third-order valence-electron chi connectivity index (χ3n) is 3.87. The summed E-state index contributed by atoms with van der Waals surface area (Å²) in [6.07, 6.45) is 2.81. The molecule has 1 aromatic heterocycles. The Kier molecular flexibility index (Phi) is 5.70. The van der Waals surface area contributed by atoms with Crippen LogP contribution in [0.2, 0.25) is 0 Å². The van der Waals surface area contributed by atoms with E-state index in [4.69, 9.17) is 0 Å². The van der Waals surface area contributed by atoms with Crippen molar-refractivity contribution in [3.63, 3.8) is 0 Å². The topological polar surface area (TPSA) is 87.2 Å². The molecule has 0 aromatic carbocycles. The summed E-state index contributed by atoms with van der Waals surface area (Å²) in [5.41, 5.74) is 0. The molecule has 2 N–H and O–H groups in total. The molecule has 0 bridgehead atoms. The quantitative estimate of drug-likeness (QED) is 0.868. The van der Waals surface area contributed by atoms with Crippen molar-refractivity contribution in [2.24, 2.45) is 0 Å². The number of urea groups is 1. The van der Waals surface area contributed by atoms with E-state index in [0.29, 0.717) is 24.1 Å². The van der Waals surface area contributed by atoms with Crippen molar-refractivity contribution in [3.8, 4) is 0 Å². The molecule has 1 aliphatic rings. The SMILES string of the molecule is CCC(CC)c1nnc(NC(=O)N2CCC(NC(C)=O)C2)s1. The first-order valence-corrected chi connectivity index (χ1v) is 8.51. The van der Waals surface area contributed by atoms with E-state index in [0.717, 1.165) is 24.3 Å². The van der Waals surface area contributed by atoms with Crippen LogP contribution in [0.15, 0.2) is 0 Å². The summed E-state index contributed by atoms with van der Waals surface area (Å²) in [7, 11) is 0. The van der Waals surface area contributed by atoms with Crippen LogP contribution in [0.25, 0.3) is 0 Å². The van der Waals surface area contributed by atoms with Gasteiger partial charge in [-0.05, 0) is 19.3 Å². The first kappa shape index (κ1) is 16.7. The zero-order valence-electron chi connectivity index (χ0n) is 13.3. The molecule has 1 aromatic rings. The number of anilines is 1. The van der Waals surface area contributed by atoms with Crippen molar-refractivity contribution < 1.29 is 9.59 Å². The van der Waals surface area contributed by atoms with E-state index in [1.165, 1.54) is 18.3 Å². The van der Waals surface area contributed by atoms with E-state index >= 15 is 0 Å². The molecule has 1 fully saturated rings. The van der Waals surface area contributed by atoms with Crippen LogP contribution in [0.3, 0.4) is 0 Å². The molecule has 1 saturated heterocycles. The van der Waals surface area contributed by atoms with Gasteiger partial charge in [0.25, 0.3) is 0 Å². The summed E-state index contributed by atoms with van der Waals surface area (Å²) >= 11 is 1.44. The molecule has 1 atom stereocenters. The zero-order chi connectivity index (χ0) is 16.1. The van der Waals surface area contributed by atoms with E-state index in [-0.39, 0.29) is 18.0 Å². The lowest BCUT2D eigenvalue weighted by atomic mass is 10.1. The number of hydrogen-bond acceptors (Lipinski definition) is 5. The maximum absolute atomic E-state index is 12.2. The molecule has 0 radical (unpaired) electrons. The van der Waals surface area contributed by atoms with E-state index in [1.807, 2.05) is 0 Å². The van der Waals surface area contributed by atoms with Gasteiger partial charge in [0.05, 0.1) is 0 Å². The molecule has 122 valence electrons. The largest absolute Gasteiger partial charge is 0.352 e. The minimum atomic E-state index is -0.180. The Hall–Kier alpha value is -1.70. The van der Waals surface area contributed by atoms with Gasteiger partial charge in [-0.3, -0.25) is 10.1 Å². The van der Waals surface area contributed by atoms with Crippen molar-refractivity contribution in [2.45, 2.75) is 52.0 Å². The van der Waals surface area contributed by atoms with Gasteiger partial charge in [-0.1, -0.05) is 25.2 Å². The van der Waals surface area contributed by atoms with Crippen molar-refractivity contribution in [3.05, 3.63) is 5.01 Å². The molecular formula is C14H23N5O2S. The highest BCUT2D eigenvalue weighted by atomic mass is 32.1. The molecule has 1 aliphatic heterocycles. The number of nitrogens with one attached hydrogen (secondary N) is 2. The summed E-state index contributed by atoms with van der Waals surface area (Å²) in [6.45, 7) is 6.91. The second kappa shape index (κ2) is 7.53. The Balaban J connectivity index is 1.89. The maximum atomic E-state index is 12.2. The first-order valence-electron chi connectivity index (χ1n) is 7.69. The highest BCUT2D eigenvalue weighted by Crippen LogP contribution is 2.28. The van der Waals surface area contributed by atoms with Crippen LogP contribution in [-0.4, -0.2) is 46.2 Å². The summed E-state index contributed by atoms with van der Waals surface area (Å²) in [6, 6.07) is -0.141. The average molecular weight is 325 g/mol. The van der Waals surface area contributed by atoms with Crippen LogP contribution in [0.4, 0.5) is 9.93 Å². The predicted octanol–water partition coefficient (Wildman–Crippen LogP) is 2.18. The Morgan fingerprint density at radius 1 is 1.36 bits per heavy atom. The van der Waals surface area contributed by atoms with E-state index in [2.05, 4.69) is 34.7 Å². The molecule has 22 heavy (non-hydrogen) atoms. The summed E-state index contributed by atoms with van der Waals surface area (Å²) in [4.78, 5) is 24.9. The number of hydrogen-bond donors (Lipinski definition) is 2. The van der Waals surface area contributed by atoms with Crippen molar-refractivity contribution in [1.82, 2.24) is 20.4 Å². The van der Waals surface area contributed by atoms with Gasteiger partial charge in [0.2, 0.25) is 11.0 Å². The van der Waals surface area contributed by atoms with Gasteiger partial charge in [0.15, 0.2) is 0 Å². The van der Waals surface area contributed by atoms with E-state index in [9.17, 15) is 9.59 Å². The molecule has 8 heteroatoms. The van der Waals surface area contributed by atoms with Crippen LogP contribution in [0, 0.1) is 0 Å². The van der Waals surface area contributed by atoms with Crippen molar-refractivity contribution >= 4 is 28.4 Å². The molecule has 0 aliphatic carbocycles. The summed E-state index contributed by atoms with van der Waals surface area (Å²) < 4.78 is 0. The molecule has 2 rings (SSSR count). The Morgan fingerprint density at radius 3 is 2.73 bits per heavy atom. The molecular weight excluding hydrogens is 302 g/mol. The summed E-state index contributed by atoms with van der Waals surface area (Å²) in [5.74, 6) is 0.338. The smallest absolute Gasteiger partial charge is 0.323 e. The number of nitrogens with zero attached hydrogens (tertiary/aromatic N) is 3. The Bertz CT molecular complexity index is 529. The first-order chi connectivity index (χ1) is 10.5. The monoisotopic (exact) mass is 325 g/mol. The van der Waals surface area contributed by atoms with Crippen LogP contribution < -0.4 is 10.6 Å². The number of carbonyl (C=O) groups excluding carboxylic acids is 2. The Morgan fingerprint density at radius 2 is 2.09 bits per heavy atom. The molecule has 0 saturated carbocycles. The van der Waals surface area contributed by atoms with Gasteiger partial charge in [0.1, 0.15) is 5.01 Å². The number of aromatic nitrogens is 2. The van der Waals surface area contributed by atoms with Gasteiger partial charge in [-0.25, -0.2) is 4.79 Å². The fourth-order valence-electron chi connectivity index (χ4n) is 2.61.